The standard InChI is InChI=1S/C23H16F6N6O2/c1-2-37-21-13(22(24,25)26)4-6-17(35-21)33-15-7-8-31-20-12(15)3-5-16(34-20)18-14(23(27,28)29)9-11(10-32-18)19(30)36/h3-10H,2H2,1H3,(H2,30,36)(H,31,33,34,35). The molecule has 0 radical (unpaired) electrons. The first kappa shape index (κ1) is 25.6. The number of nitrogens with zero attached hydrogens (tertiary/aromatic N) is 4. The Balaban J connectivity index is 1.74. The van der Waals surface area contributed by atoms with E-state index < -0.39 is 46.5 Å². The van der Waals surface area contributed by atoms with Gasteiger partial charge >= 0.3 is 12.4 Å². The van der Waals surface area contributed by atoms with Gasteiger partial charge in [-0.1, -0.05) is 0 Å². The number of anilines is 2. The molecule has 4 rings (SSSR count). The lowest BCUT2D eigenvalue weighted by molar-refractivity contribution is -0.139. The molecular weight excluding hydrogens is 506 g/mol. The first-order valence-electron chi connectivity index (χ1n) is 10.5. The van der Waals surface area contributed by atoms with Crippen LogP contribution in [0.2, 0.25) is 0 Å². The van der Waals surface area contributed by atoms with Crippen LogP contribution in [0.4, 0.5) is 37.8 Å². The third kappa shape index (κ3) is 5.37. The monoisotopic (exact) mass is 522 g/mol. The molecule has 4 heterocycles. The normalized spacial score (nSPS) is 12.0. The van der Waals surface area contributed by atoms with Gasteiger partial charge in [0.25, 0.3) is 0 Å². The van der Waals surface area contributed by atoms with Gasteiger partial charge in [0.1, 0.15) is 17.1 Å². The maximum absolute atomic E-state index is 13.7. The number of ether oxygens (including phenoxy) is 1. The maximum Gasteiger partial charge on any atom is 0.421 e. The zero-order valence-corrected chi connectivity index (χ0v) is 18.8. The molecule has 4 aromatic rings. The number of halogens is 6. The number of nitrogens with one attached hydrogen (secondary N) is 1. The second kappa shape index (κ2) is 9.52. The lowest BCUT2D eigenvalue weighted by Gasteiger charge is -2.15. The van der Waals surface area contributed by atoms with Crippen LogP contribution in [0.5, 0.6) is 5.88 Å². The smallest absolute Gasteiger partial charge is 0.421 e. The van der Waals surface area contributed by atoms with Gasteiger partial charge in [0, 0.05) is 17.8 Å². The predicted molar refractivity (Wildman–Crippen MR) is 120 cm³/mol. The number of hydrogen-bond donors (Lipinski definition) is 2. The van der Waals surface area contributed by atoms with E-state index in [9.17, 15) is 31.1 Å². The van der Waals surface area contributed by atoms with Crippen LogP contribution in [0, 0.1) is 0 Å². The average Bonchev–Trinajstić information content (AvgIpc) is 2.82. The topological polar surface area (TPSA) is 116 Å². The highest BCUT2D eigenvalue weighted by atomic mass is 19.4. The highest BCUT2D eigenvalue weighted by Gasteiger charge is 2.36. The van der Waals surface area contributed by atoms with Gasteiger partial charge in [0.05, 0.1) is 29.1 Å². The van der Waals surface area contributed by atoms with Crippen LogP contribution in [0.1, 0.15) is 28.4 Å². The summed E-state index contributed by atoms with van der Waals surface area (Å²) in [4.78, 5) is 27.2. The van der Waals surface area contributed by atoms with Crippen LogP contribution in [-0.4, -0.2) is 32.4 Å². The van der Waals surface area contributed by atoms with E-state index in [1.54, 1.807) is 0 Å². The van der Waals surface area contributed by atoms with E-state index in [0.29, 0.717) is 17.1 Å². The average molecular weight is 522 g/mol. The largest absolute Gasteiger partial charge is 0.477 e. The Bertz CT molecular complexity index is 1490. The lowest BCUT2D eigenvalue weighted by Crippen LogP contribution is -2.16. The minimum Gasteiger partial charge on any atom is -0.477 e. The molecule has 192 valence electrons. The number of alkyl halides is 6. The predicted octanol–water partition coefficient (Wildman–Crippen LogP) is 5.37. The second-order valence-corrected chi connectivity index (χ2v) is 7.51. The van der Waals surface area contributed by atoms with Crippen LogP contribution < -0.4 is 15.8 Å². The third-order valence-corrected chi connectivity index (χ3v) is 5.03. The number of pyridine rings is 4. The molecule has 0 aliphatic carbocycles. The Labute approximate surface area is 204 Å². The third-order valence-electron chi connectivity index (χ3n) is 5.03. The molecule has 37 heavy (non-hydrogen) atoms. The maximum atomic E-state index is 13.7. The van der Waals surface area contributed by atoms with E-state index in [0.717, 1.165) is 18.3 Å². The molecule has 1 amide bonds. The molecule has 4 aromatic heterocycles. The molecule has 0 saturated heterocycles. The molecule has 0 saturated carbocycles. The van der Waals surface area contributed by atoms with E-state index >= 15 is 0 Å². The van der Waals surface area contributed by atoms with Crippen molar-refractivity contribution in [2.24, 2.45) is 5.73 Å². The number of carbonyl (C=O) groups is 1. The SMILES string of the molecule is CCOc1nc(Nc2ccnc3nc(-c4ncc(C(N)=O)cc4C(F)(F)F)ccc23)ccc1C(F)(F)F. The molecule has 0 unspecified atom stereocenters. The van der Waals surface area contributed by atoms with Crippen LogP contribution >= 0.6 is 0 Å². The van der Waals surface area contributed by atoms with E-state index in [1.165, 1.54) is 31.3 Å². The summed E-state index contributed by atoms with van der Waals surface area (Å²) in [5.74, 6) is -1.65. The second-order valence-electron chi connectivity index (χ2n) is 7.51. The molecule has 14 heteroatoms. The van der Waals surface area contributed by atoms with Crippen LogP contribution in [0.25, 0.3) is 22.4 Å². The van der Waals surface area contributed by atoms with Gasteiger partial charge in [-0.25, -0.2) is 9.97 Å². The molecule has 0 aliphatic heterocycles. The zero-order valence-electron chi connectivity index (χ0n) is 18.8. The number of carbonyl (C=O) groups excluding carboxylic acids is 1. The molecule has 0 bridgehead atoms. The number of nitrogens with two attached hydrogens (primary N) is 1. The highest BCUT2D eigenvalue weighted by Crippen LogP contribution is 2.38. The fourth-order valence-corrected chi connectivity index (χ4v) is 3.40. The first-order chi connectivity index (χ1) is 17.4. The fraction of sp³-hybridized carbons (Fsp3) is 0.174. The van der Waals surface area contributed by atoms with Gasteiger partial charge in [0.15, 0.2) is 5.65 Å². The van der Waals surface area contributed by atoms with Crippen molar-refractivity contribution in [3.63, 3.8) is 0 Å². The van der Waals surface area contributed by atoms with Crippen molar-refractivity contribution >= 4 is 28.4 Å². The molecule has 0 aliphatic rings. The molecule has 8 nitrogen and oxygen atoms in total. The van der Waals surface area contributed by atoms with Gasteiger partial charge in [-0.2, -0.15) is 31.3 Å². The van der Waals surface area contributed by atoms with Gasteiger partial charge in [-0.3, -0.25) is 9.78 Å². The van der Waals surface area contributed by atoms with E-state index in [-0.39, 0.29) is 23.8 Å². The Morgan fingerprint density at radius 3 is 2.35 bits per heavy atom. The van der Waals surface area contributed by atoms with Crippen molar-refractivity contribution in [2.45, 2.75) is 19.3 Å². The van der Waals surface area contributed by atoms with E-state index in [2.05, 4.69) is 25.3 Å². The number of amides is 1. The minimum absolute atomic E-state index is 0.0216. The Morgan fingerprint density at radius 1 is 0.973 bits per heavy atom. The van der Waals surface area contributed by atoms with Crippen molar-refractivity contribution in [3.8, 4) is 17.3 Å². The molecule has 0 aromatic carbocycles. The number of rotatable bonds is 6. The van der Waals surface area contributed by atoms with Gasteiger partial charge < -0.3 is 15.8 Å². The van der Waals surface area contributed by atoms with Gasteiger partial charge in [-0.15, -0.1) is 0 Å². The van der Waals surface area contributed by atoms with Crippen LogP contribution in [0.3, 0.4) is 0 Å². The molecule has 3 N–H and O–H groups in total. The van der Waals surface area contributed by atoms with Crippen LogP contribution in [-0.2, 0) is 12.4 Å². The van der Waals surface area contributed by atoms with Crippen LogP contribution in [0.15, 0.2) is 48.8 Å². The van der Waals surface area contributed by atoms with Gasteiger partial charge in [0.2, 0.25) is 11.8 Å². The van der Waals surface area contributed by atoms with Crippen molar-refractivity contribution in [3.05, 3.63) is 65.5 Å². The summed E-state index contributed by atoms with van der Waals surface area (Å²) in [6.45, 7) is 1.47. The van der Waals surface area contributed by atoms with Crippen molar-refractivity contribution in [2.75, 3.05) is 11.9 Å². The highest BCUT2D eigenvalue weighted by molar-refractivity contribution is 5.94. The van der Waals surface area contributed by atoms with E-state index in [1.807, 2.05) is 0 Å². The number of fused-ring (bicyclic) bond motifs is 1. The summed E-state index contributed by atoms with van der Waals surface area (Å²) < 4.78 is 85.7. The Morgan fingerprint density at radius 2 is 1.70 bits per heavy atom. The Hall–Kier alpha value is -4.49. The summed E-state index contributed by atoms with van der Waals surface area (Å²) in [6, 6.07) is 6.70. The quantitative estimate of drug-likeness (QED) is 0.327. The molecule has 0 fully saturated rings. The molecular formula is C23H16F6N6O2. The summed E-state index contributed by atoms with van der Waals surface area (Å²) in [5, 5.41) is 3.19. The fourth-order valence-electron chi connectivity index (χ4n) is 3.40. The summed E-state index contributed by atoms with van der Waals surface area (Å²) >= 11 is 0. The number of primary amides is 1. The summed E-state index contributed by atoms with van der Waals surface area (Å²) in [7, 11) is 0. The lowest BCUT2D eigenvalue weighted by atomic mass is 10.1. The molecule has 0 atom stereocenters. The minimum atomic E-state index is -4.85. The number of aromatic nitrogens is 4. The van der Waals surface area contributed by atoms with Crippen molar-refractivity contribution < 1.29 is 35.9 Å². The van der Waals surface area contributed by atoms with Crippen molar-refractivity contribution in [1.29, 1.82) is 0 Å². The Kier molecular flexibility index (Phi) is 6.59. The van der Waals surface area contributed by atoms with Gasteiger partial charge in [-0.05, 0) is 43.3 Å². The van der Waals surface area contributed by atoms with E-state index in [4.69, 9.17) is 10.5 Å². The van der Waals surface area contributed by atoms with Crippen molar-refractivity contribution in [1.82, 2.24) is 19.9 Å². The molecule has 0 spiro atoms. The zero-order chi connectivity index (χ0) is 27.0. The number of hydrogen-bond acceptors (Lipinski definition) is 7. The summed E-state index contributed by atoms with van der Waals surface area (Å²) in [5.41, 5.74) is 2.05. The summed E-state index contributed by atoms with van der Waals surface area (Å²) in [6.07, 6.45) is -7.30. The first-order valence-corrected chi connectivity index (χ1v) is 10.5.